The Morgan fingerprint density at radius 1 is 1.17 bits per heavy atom. The molecule has 0 saturated carbocycles. The molecule has 1 aliphatic heterocycles. The Morgan fingerprint density at radius 2 is 1.97 bits per heavy atom. The maximum absolute atomic E-state index is 12.8. The van der Waals surface area contributed by atoms with Crippen molar-refractivity contribution in [2.24, 2.45) is 0 Å². The van der Waals surface area contributed by atoms with E-state index in [0.29, 0.717) is 11.3 Å². The highest BCUT2D eigenvalue weighted by molar-refractivity contribution is 6.04. The van der Waals surface area contributed by atoms with Crippen LogP contribution in [0, 0.1) is 13.8 Å². The van der Waals surface area contributed by atoms with Crippen LogP contribution < -0.4 is 10.3 Å². The SMILES string of the molecule is COc1ncc(C)c(-c2ccc3c(c2)[nH]c(=O)c2cnn(C4CCOCC4)c23)c1C. The van der Waals surface area contributed by atoms with E-state index in [-0.39, 0.29) is 11.6 Å². The van der Waals surface area contributed by atoms with E-state index < -0.39 is 0 Å². The van der Waals surface area contributed by atoms with E-state index in [2.05, 4.69) is 27.2 Å². The van der Waals surface area contributed by atoms with Crippen LogP contribution in [0.4, 0.5) is 0 Å². The second-order valence-corrected chi connectivity index (χ2v) is 7.86. The molecule has 4 aromatic rings. The predicted octanol–water partition coefficient (Wildman–Crippen LogP) is 3.92. The minimum Gasteiger partial charge on any atom is -0.481 e. The first-order chi connectivity index (χ1) is 14.6. The van der Waals surface area contributed by atoms with Crippen molar-refractivity contribution in [3.8, 4) is 17.0 Å². The number of aromatic nitrogens is 4. The lowest BCUT2D eigenvalue weighted by Crippen LogP contribution is -2.20. The van der Waals surface area contributed by atoms with Crippen molar-refractivity contribution < 1.29 is 9.47 Å². The number of nitrogens with zero attached hydrogens (tertiary/aromatic N) is 3. The van der Waals surface area contributed by atoms with Gasteiger partial charge in [-0.2, -0.15) is 5.10 Å². The topological polar surface area (TPSA) is 82.0 Å². The number of H-pyrrole nitrogens is 1. The molecule has 5 rings (SSSR count). The molecule has 0 spiro atoms. The number of rotatable bonds is 3. The van der Waals surface area contributed by atoms with E-state index >= 15 is 0 Å². The molecule has 1 N–H and O–H groups in total. The van der Waals surface area contributed by atoms with Crippen molar-refractivity contribution in [2.75, 3.05) is 20.3 Å². The number of methoxy groups -OCH3 is 1. The number of benzene rings is 1. The Kier molecular flexibility index (Phi) is 4.55. The Morgan fingerprint density at radius 3 is 2.73 bits per heavy atom. The Hall–Kier alpha value is -3.19. The minimum absolute atomic E-state index is 0.117. The fraction of sp³-hybridized carbons (Fsp3) is 0.348. The van der Waals surface area contributed by atoms with Crippen LogP contribution in [-0.2, 0) is 4.74 Å². The molecule has 154 valence electrons. The maximum Gasteiger partial charge on any atom is 0.259 e. The average Bonchev–Trinajstić information content (AvgIpc) is 3.21. The van der Waals surface area contributed by atoms with Crippen LogP contribution in [0.25, 0.3) is 32.9 Å². The predicted molar refractivity (Wildman–Crippen MR) is 116 cm³/mol. The van der Waals surface area contributed by atoms with Crippen molar-refractivity contribution in [1.82, 2.24) is 19.7 Å². The third-order valence-electron chi connectivity index (χ3n) is 6.05. The van der Waals surface area contributed by atoms with Crippen molar-refractivity contribution in [3.05, 3.63) is 52.1 Å². The molecule has 0 atom stereocenters. The highest BCUT2D eigenvalue weighted by atomic mass is 16.5. The summed E-state index contributed by atoms with van der Waals surface area (Å²) in [5.41, 5.74) is 5.71. The number of hydrogen-bond acceptors (Lipinski definition) is 5. The summed E-state index contributed by atoms with van der Waals surface area (Å²) in [5.74, 6) is 0.609. The lowest BCUT2D eigenvalue weighted by molar-refractivity contribution is 0.0675. The van der Waals surface area contributed by atoms with E-state index in [1.807, 2.05) is 30.8 Å². The average molecular weight is 404 g/mol. The normalized spacial score (nSPS) is 15.2. The molecule has 0 unspecified atom stereocenters. The first-order valence-electron chi connectivity index (χ1n) is 10.2. The Bertz CT molecular complexity index is 1320. The second-order valence-electron chi connectivity index (χ2n) is 7.86. The second kappa shape index (κ2) is 7.25. The van der Waals surface area contributed by atoms with Gasteiger partial charge < -0.3 is 14.5 Å². The summed E-state index contributed by atoms with van der Waals surface area (Å²) in [6, 6.07) is 6.45. The van der Waals surface area contributed by atoms with Gasteiger partial charge in [-0.25, -0.2) is 4.98 Å². The summed E-state index contributed by atoms with van der Waals surface area (Å²) in [6.45, 7) is 5.48. The summed E-state index contributed by atoms with van der Waals surface area (Å²) in [5, 5.41) is 6.20. The van der Waals surface area contributed by atoms with Gasteiger partial charge in [-0.1, -0.05) is 12.1 Å². The summed E-state index contributed by atoms with van der Waals surface area (Å²) in [7, 11) is 1.63. The fourth-order valence-electron chi connectivity index (χ4n) is 4.57. The van der Waals surface area contributed by atoms with Gasteiger partial charge >= 0.3 is 0 Å². The van der Waals surface area contributed by atoms with Crippen molar-refractivity contribution in [2.45, 2.75) is 32.7 Å². The Balaban J connectivity index is 1.73. The fourth-order valence-corrected chi connectivity index (χ4v) is 4.57. The Labute approximate surface area is 173 Å². The van der Waals surface area contributed by atoms with Gasteiger partial charge in [0.25, 0.3) is 5.56 Å². The number of pyridine rings is 2. The zero-order valence-electron chi connectivity index (χ0n) is 17.4. The molecule has 7 heteroatoms. The molecule has 1 aromatic carbocycles. The van der Waals surface area contributed by atoms with E-state index in [4.69, 9.17) is 9.47 Å². The molecule has 7 nitrogen and oxygen atoms in total. The van der Waals surface area contributed by atoms with Crippen LogP contribution in [0.2, 0.25) is 0 Å². The van der Waals surface area contributed by atoms with Crippen LogP contribution in [0.5, 0.6) is 5.88 Å². The molecule has 1 saturated heterocycles. The molecular weight excluding hydrogens is 380 g/mol. The molecule has 30 heavy (non-hydrogen) atoms. The number of fused-ring (bicyclic) bond motifs is 3. The molecule has 4 heterocycles. The van der Waals surface area contributed by atoms with Gasteiger partial charge in [0.15, 0.2) is 0 Å². The molecule has 1 aliphatic rings. The van der Waals surface area contributed by atoms with Gasteiger partial charge in [0, 0.05) is 30.4 Å². The highest BCUT2D eigenvalue weighted by Crippen LogP contribution is 2.34. The van der Waals surface area contributed by atoms with Gasteiger partial charge in [-0.05, 0) is 49.4 Å². The van der Waals surface area contributed by atoms with Crippen molar-refractivity contribution >= 4 is 21.8 Å². The van der Waals surface area contributed by atoms with E-state index in [1.54, 1.807) is 13.3 Å². The number of nitrogens with one attached hydrogen (secondary N) is 1. The summed E-state index contributed by atoms with van der Waals surface area (Å²) in [6.07, 6.45) is 5.30. The zero-order chi connectivity index (χ0) is 20.8. The van der Waals surface area contributed by atoms with Gasteiger partial charge in [0.1, 0.15) is 0 Å². The molecule has 3 aromatic heterocycles. The zero-order valence-corrected chi connectivity index (χ0v) is 17.4. The molecule has 0 bridgehead atoms. The first-order valence-corrected chi connectivity index (χ1v) is 10.2. The van der Waals surface area contributed by atoms with Gasteiger partial charge in [0.2, 0.25) is 5.88 Å². The number of ether oxygens (including phenoxy) is 2. The minimum atomic E-state index is -0.117. The largest absolute Gasteiger partial charge is 0.481 e. The highest BCUT2D eigenvalue weighted by Gasteiger charge is 2.21. The standard InChI is InChI=1S/C23H24N4O3/c1-13-11-24-23(29-3)14(2)20(13)15-4-5-17-19(10-15)26-22(28)18-12-25-27(21(17)18)16-6-8-30-9-7-16/h4-5,10-12,16H,6-9H2,1-3H3,(H,26,28). The van der Waals surface area contributed by atoms with Gasteiger partial charge in [-0.15, -0.1) is 0 Å². The van der Waals surface area contributed by atoms with Gasteiger partial charge in [0.05, 0.1) is 35.8 Å². The van der Waals surface area contributed by atoms with Crippen LogP contribution in [-0.4, -0.2) is 40.1 Å². The lowest BCUT2D eigenvalue weighted by atomic mass is 9.96. The van der Waals surface area contributed by atoms with E-state index in [1.165, 1.54) is 0 Å². The maximum atomic E-state index is 12.8. The van der Waals surface area contributed by atoms with Crippen LogP contribution in [0.15, 0.2) is 35.4 Å². The molecular formula is C23H24N4O3. The van der Waals surface area contributed by atoms with Crippen LogP contribution in [0.1, 0.15) is 30.0 Å². The smallest absolute Gasteiger partial charge is 0.259 e. The monoisotopic (exact) mass is 404 g/mol. The summed E-state index contributed by atoms with van der Waals surface area (Å²) < 4.78 is 12.9. The number of aryl methyl sites for hydroxylation is 1. The summed E-state index contributed by atoms with van der Waals surface area (Å²) in [4.78, 5) is 20.2. The summed E-state index contributed by atoms with van der Waals surface area (Å²) >= 11 is 0. The van der Waals surface area contributed by atoms with Crippen LogP contribution >= 0.6 is 0 Å². The third kappa shape index (κ3) is 2.89. The number of aromatic amines is 1. The lowest BCUT2D eigenvalue weighted by Gasteiger charge is -2.23. The van der Waals surface area contributed by atoms with Crippen molar-refractivity contribution in [1.29, 1.82) is 0 Å². The molecule has 1 fully saturated rings. The quantitative estimate of drug-likeness (QED) is 0.560. The third-order valence-corrected chi connectivity index (χ3v) is 6.05. The number of hydrogen-bond donors (Lipinski definition) is 1. The van der Waals surface area contributed by atoms with E-state index in [0.717, 1.165) is 64.7 Å². The molecule has 0 aliphatic carbocycles. The van der Waals surface area contributed by atoms with Crippen molar-refractivity contribution in [3.63, 3.8) is 0 Å². The van der Waals surface area contributed by atoms with E-state index in [9.17, 15) is 4.79 Å². The molecule has 0 amide bonds. The molecule has 0 radical (unpaired) electrons. The first kappa shape index (κ1) is 18.8. The van der Waals surface area contributed by atoms with Crippen LogP contribution in [0.3, 0.4) is 0 Å². The van der Waals surface area contributed by atoms with Gasteiger partial charge in [-0.3, -0.25) is 9.48 Å².